The molecule has 0 aliphatic heterocycles. The van der Waals surface area contributed by atoms with E-state index in [1.165, 1.54) is 6.07 Å². The number of anilines is 1. The van der Waals surface area contributed by atoms with Crippen LogP contribution in [0.3, 0.4) is 0 Å². The summed E-state index contributed by atoms with van der Waals surface area (Å²) in [6, 6.07) is 4.83. The van der Waals surface area contributed by atoms with Gasteiger partial charge in [0.05, 0.1) is 4.90 Å². The molecule has 0 heterocycles. The summed E-state index contributed by atoms with van der Waals surface area (Å²) in [6.45, 7) is 6.65. The van der Waals surface area contributed by atoms with Crippen LogP contribution in [0.15, 0.2) is 23.1 Å². The van der Waals surface area contributed by atoms with Gasteiger partial charge in [0.2, 0.25) is 10.0 Å². The molecular weight excluding hydrogens is 248 g/mol. The van der Waals surface area contributed by atoms with Crippen LogP contribution in [-0.2, 0) is 10.0 Å². The number of hydrogen-bond donors (Lipinski definition) is 2. The monoisotopic (exact) mass is 268 g/mol. The van der Waals surface area contributed by atoms with E-state index in [-0.39, 0.29) is 10.3 Å². The molecular formula is C13H20N2O2S. The highest BCUT2D eigenvalue weighted by Crippen LogP contribution is 2.51. The smallest absolute Gasteiger partial charge is 0.240 e. The van der Waals surface area contributed by atoms with Gasteiger partial charge in [-0.2, -0.15) is 0 Å². The normalized spacial score (nSPS) is 21.8. The van der Waals surface area contributed by atoms with Gasteiger partial charge in [-0.15, -0.1) is 0 Å². The summed E-state index contributed by atoms with van der Waals surface area (Å²) in [4.78, 5) is 0.240. The van der Waals surface area contributed by atoms with Crippen molar-refractivity contribution in [2.75, 3.05) is 12.3 Å². The van der Waals surface area contributed by atoms with E-state index >= 15 is 0 Å². The largest absolute Gasteiger partial charge is 0.398 e. The van der Waals surface area contributed by atoms with Crippen LogP contribution < -0.4 is 10.5 Å². The van der Waals surface area contributed by atoms with E-state index in [2.05, 4.69) is 18.6 Å². The number of rotatable bonds is 4. The van der Waals surface area contributed by atoms with Crippen LogP contribution in [0.4, 0.5) is 5.69 Å². The maximum Gasteiger partial charge on any atom is 0.240 e. The van der Waals surface area contributed by atoms with Crippen molar-refractivity contribution in [3.05, 3.63) is 23.8 Å². The molecule has 0 bridgehead atoms. The van der Waals surface area contributed by atoms with Crippen molar-refractivity contribution in [2.45, 2.75) is 32.1 Å². The maximum absolute atomic E-state index is 12.1. The van der Waals surface area contributed by atoms with Crippen molar-refractivity contribution >= 4 is 15.7 Å². The van der Waals surface area contributed by atoms with Gasteiger partial charge >= 0.3 is 0 Å². The van der Waals surface area contributed by atoms with E-state index in [1.807, 2.05) is 6.92 Å². The van der Waals surface area contributed by atoms with Crippen molar-refractivity contribution in [3.63, 3.8) is 0 Å². The lowest BCUT2D eigenvalue weighted by Gasteiger charge is -2.09. The second-order valence-corrected chi connectivity index (χ2v) is 7.53. The molecule has 4 nitrogen and oxygen atoms in total. The van der Waals surface area contributed by atoms with Crippen molar-refractivity contribution in [2.24, 2.45) is 11.3 Å². The Hall–Kier alpha value is -1.07. The first kappa shape index (κ1) is 13.4. The molecule has 0 amide bonds. The Morgan fingerprint density at radius 1 is 1.44 bits per heavy atom. The van der Waals surface area contributed by atoms with Crippen molar-refractivity contribution < 1.29 is 8.42 Å². The summed E-state index contributed by atoms with van der Waals surface area (Å²) in [7, 11) is -3.43. The average Bonchev–Trinajstić information content (AvgIpc) is 2.88. The highest BCUT2D eigenvalue weighted by molar-refractivity contribution is 7.89. The Morgan fingerprint density at radius 2 is 2.06 bits per heavy atom. The Balaban J connectivity index is 2.08. The van der Waals surface area contributed by atoms with Gasteiger partial charge in [-0.3, -0.25) is 0 Å². The highest BCUT2D eigenvalue weighted by Gasteiger charge is 2.45. The molecule has 1 aliphatic rings. The van der Waals surface area contributed by atoms with Crippen molar-refractivity contribution in [3.8, 4) is 0 Å². The predicted octanol–water partition coefficient (Wildman–Crippen LogP) is 1.90. The minimum atomic E-state index is -3.43. The van der Waals surface area contributed by atoms with E-state index in [9.17, 15) is 8.42 Å². The van der Waals surface area contributed by atoms with E-state index < -0.39 is 10.0 Å². The molecule has 0 aromatic heterocycles. The van der Waals surface area contributed by atoms with Gasteiger partial charge in [-0.05, 0) is 42.4 Å². The zero-order valence-electron chi connectivity index (χ0n) is 11.0. The van der Waals surface area contributed by atoms with Crippen LogP contribution in [0.2, 0.25) is 0 Å². The molecule has 0 spiro atoms. The zero-order chi connectivity index (χ0) is 13.6. The number of nitrogens with one attached hydrogen (secondary N) is 1. The van der Waals surface area contributed by atoms with Crippen LogP contribution in [0, 0.1) is 18.3 Å². The Kier molecular flexibility index (Phi) is 3.15. The molecule has 1 saturated carbocycles. The van der Waals surface area contributed by atoms with E-state index in [4.69, 9.17) is 5.73 Å². The molecule has 1 atom stereocenters. The second-order valence-electron chi connectivity index (χ2n) is 5.76. The standard InChI is InChI=1S/C13H20N2O2S/c1-9-4-5-11(6-12(9)14)18(16,17)15-8-10-7-13(10,2)3/h4-6,10,15H,7-8,14H2,1-3H3. The third kappa shape index (κ3) is 2.67. The average molecular weight is 268 g/mol. The topological polar surface area (TPSA) is 72.2 Å². The third-order valence-electron chi connectivity index (χ3n) is 3.80. The first-order valence-electron chi connectivity index (χ1n) is 6.08. The summed E-state index contributed by atoms with van der Waals surface area (Å²) < 4.78 is 26.8. The Bertz CT molecular complexity index is 564. The molecule has 2 rings (SSSR count). The molecule has 0 saturated heterocycles. The van der Waals surface area contributed by atoms with Crippen LogP contribution >= 0.6 is 0 Å². The lowest BCUT2D eigenvalue weighted by molar-refractivity contribution is 0.537. The summed E-state index contributed by atoms with van der Waals surface area (Å²) in [5, 5.41) is 0. The van der Waals surface area contributed by atoms with Gasteiger partial charge in [-0.1, -0.05) is 19.9 Å². The first-order chi connectivity index (χ1) is 8.22. The van der Waals surface area contributed by atoms with Gasteiger partial charge in [0.15, 0.2) is 0 Å². The molecule has 1 fully saturated rings. The predicted molar refractivity (Wildman–Crippen MR) is 72.7 cm³/mol. The second kappa shape index (κ2) is 4.24. The fourth-order valence-electron chi connectivity index (χ4n) is 2.00. The number of hydrogen-bond acceptors (Lipinski definition) is 3. The summed E-state index contributed by atoms with van der Waals surface area (Å²) in [6.07, 6.45) is 1.07. The fraction of sp³-hybridized carbons (Fsp3) is 0.538. The number of aryl methyl sites for hydroxylation is 1. The highest BCUT2D eigenvalue weighted by atomic mass is 32.2. The van der Waals surface area contributed by atoms with Gasteiger partial charge in [-0.25, -0.2) is 13.1 Å². The van der Waals surface area contributed by atoms with E-state index in [0.717, 1.165) is 12.0 Å². The number of benzene rings is 1. The minimum absolute atomic E-state index is 0.240. The summed E-state index contributed by atoms with van der Waals surface area (Å²) in [5.74, 6) is 0.440. The molecule has 1 aliphatic carbocycles. The van der Waals surface area contributed by atoms with Crippen LogP contribution in [-0.4, -0.2) is 15.0 Å². The first-order valence-corrected chi connectivity index (χ1v) is 7.56. The van der Waals surface area contributed by atoms with Gasteiger partial charge in [0.25, 0.3) is 0 Å². The molecule has 5 heteroatoms. The zero-order valence-corrected chi connectivity index (χ0v) is 11.8. The summed E-state index contributed by atoms with van der Waals surface area (Å²) >= 11 is 0. The number of sulfonamides is 1. The number of nitrogen functional groups attached to an aromatic ring is 1. The summed E-state index contributed by atoms with van der Waals surface area (Å²) in [5.41, 5.74) is 7.40. The van der Waals surface area contributed by atoms with Gasteiger partial charge in [0.1, 0.15) is 0 Å². The molecule has 100 valence electrons. The molecule has 1 aromatic rings. The Labute approximate surface area is 109 Å². The lowest BCUT2D eigenvalue weighted by Crippen LogP contribution is -2.27. The molecule has 18 heavy (non-hydrogen) atoms. The maximum atomic E-state index is 12.1. The van der Waals surface area contributed by atoms with Crippen molar-refractivity contribution in [1.29, 1.82) is 0 Å². The molecule has 3 N–H and O–H groups in total. The molecule has 0 radical (unpaired) electrons. The quantitative estimate of drug-likeness (QED) is 0.819. The van der Waals surface area contributed by atoms with Crippen LogP contribution in [0.1, 0.15) is 25.8 Å². The molecule has 1 unspecified atom stereocenters. The SMILES string of the molecule is Cc1ccc(S(=O)(=O)NCC2CC2(C)C)cc1N. The molecule has 1 aromatic carbocycles. The lowest BCUT2D eigenvalue weighted by atomic mass is 10.1. The van der Waals surface area contributed by atoms with Crippen molar-refractivity contribution in [1.82, 2.24) is 4.72 Å². The van der Waals surface area contributed by atoms with Gasteiger partial charge < -0.3 is 5.73 Å². The van der Waals surface area contributed by atoms with E-state index in [0.29, 0.717) is 18.2 Å². The van der Waals surface area contributed by atoms with Crippen LogP contribution in [0.25, 0.3) is 0 Å². The fourth-order valence-corrected chi connectivity index (χ4v) is 3.12. The number of nitrogens with two attached hydrogens (primary N) is 1. The van der Waals surface area contributed by atoms with E-state index in [1.54, 1.807) is 12.1 Å². The Morgan fingerprint density at radius 3 is 2.56 bits per heavy atom. The van der Waals surface area contributed by atoms with Gasteiger partial charge in [0, 0.05) is 12.2 Å². The minimum Gasteiger partial charge on any atom is -0.398 e. The third-order valence-corrected chi connectivity index (χ3v) is 5.22. The van der Waals surface area contributed by atoms with Crippen LogP contribution in [0.5, 0.6) is 0 Å².